The highest BCUT2D eigenvalue weighted by atomic mass is 16.3. The first kappa shape index (κ1) is 6.23. The highest BCUT2D eigenvalue weighted by Gasteiger charge is 2.35. The SMILES string of the molecule is C=C1C(O)C2CCN1CC2. The normalized spacial score (nSPS) is 38.9. The van der Waals surface area contributed by atoms with E-state index in [2.05, 4.69) is 11.5 Å². The molecule has 1 unspecified atom stereocenters. The van der Waals surface area contributed by atoms with Gasteiger partial charge >= 0.3 is 0 Å². The minimum absolute atomic E-state index is 0.234. The fourth-order valence-corrected chi connectivity index (χ4v) is 1.96. The zero-order valence-corrected chi connectivity index (χ0v) is 6.08. The first-order chi connectivity index (χ1) is 4.79. The minimum atomic E-state index is -0.234. The monoisotopic (exact) mass is 139 g/mol. The highest BCUT2D eigenvalue weighted by molar-refractivity contribution is 5.10. The molecule has 0 saturated carbocycles. The number of aliphatic hydroxyl groups excluding tert-OH is 1. The van der Waals surface area contributed by atoms with Crippen molar-refractivity contribution in [1.82, 2.24) is 4.90 Å². The van der Waals surface area contributed by atoms with Crippen molar-refractivity contribution in [3.8, 4) is 0 Å². The number of piperidine rings is 3. The fourth-order valence-electron chi connectivity index (χ4n) is 1.96. The van der Waals surface area contributed by atoms with Gasteiger partial charge in [-0.2, -0.15) is 0 Å². The van der Waals surface area contributed by atoms with Gasteiger partial charge in [-0.3, -0.25) is 0 Å². The molecule has 3 aliphatic heterocycles. The zero-order chi connectivity index (χ0) is 7.14. The molecule has 1 atom stereocenters. The third-order valence-electron chi connectivity index (χ3n) is 2.73. The lowest BCUT2D eigenvalue weighted by atomic mass is 9.84. The number of nitrogens with zero attached hydrogens (tertiary/aromatic N) is 1. The van der Waals surface area contributed by atoms with Crippen LogP contribution in [0, 0.1) is 5.92 Å². The van der Waals surface area contributed by atoms with Gasteiger partial charge in [0, 0.05) is 18.8 Å². The van der Waals surface area contributed by atoms with Gasteiger partial charge in [0.15, 0.2) is 0 Å². The Morgan fingerprint density at radius 1 is 1.40 bits per heavy atom. The van der Waals surface area contributed by atoms with Gasteiger partial charge in [-0.05, 0) is 18.8 Å². The summed E-state index contributed by atoms with van der Waals surface area (Å²) >= 11 is 0. The molecule has 0 spiro atoms. The summed E-state index contributed by atoms with van der Waals surface area (Å²) in [7, 11) is 0. The summed E-state index contributed by atoms with van der Waals surface area (Å²) in [5.74, 6) is 0.512. The van der Waals surface area contributed by atoms with Gasteiger partial charge in [0.1, 0.15) is 0 Å². The van der Waals surface area contributed by atoms with E-state index in [9.17, 15) is 5.11 Å². The van der Waals surface area contributed by atoms with E-state index >= 15 is 0 Å². The fraction of sp³-hybridized carbons (Fsp3) is 0.750. The van der Waals surface area contributed by atoms with E-state index in [1.807, 2.05) is 0 Å². The first-order valence-corrected chi connectivity index (χ1v) is 3.91. The van der Waals surface area contributed by atoms with Gasteiger partial charge in [-0.1, -0.05) is 6.58 Å². The van der Waals surface area contributed by atoms with Crippen LogP contribution in [0.5, 0.6) is 0 Å². The van der Waals surface area contributed by atoms with Crippen molar-refractivity contribution in [2.75, 3.05) is 13.1 Å². The van der Waals surface area contributed by atoms with Crippen LogP contribution in [0.1, 0.15) is 12.8 Å². The molecule has 3 heterocycles. The molecule has 0 aromatic rings. The Morgan fingerprint density at radius 2 is 2.00 bits per heavy atom. The molecular formula is C8H13NO. The van der Waals surface area contributed by atoms with Gasteiger partial charge < -0.3 is 10.0 Å². The van der Waals surface area contributed by atoms with Crippen molar-refractivity contribution in [2.24, 2.45) is 5.92 Å². The molecule has 0 amide bonds. The second-order valence-corrected chi connectivity index (χ2v) is 3.26. The van der Waals surface area contributed by atoms with Gasteiger partial charge in [0.2, 0.25) is 0 Å². The zero-order valence-electron chi connectivity index (χ0n) is 6.08. The van der Waals surface area contributed by atoms with Crippen molar-refractivity contribution in [1.29, 1.82) is 0 Å². The molecule has 1 N–H and O–H groups in total. The van der Waals surface area contributed by atoms with Gasteiger partial charge in [-0.25, -0.2) is 0 Å². The highest BCUT2D eigenvalue weighted by Crippen LogP contribution is 2.33. The van der Waals surface area contributed by atoms with E-state index in [0.717, 1.165) is 31.6 Å². The van der Waals surface area contributed by atoms with E-state index in [1.54, 1.807) is 0 Å². The Bertz CT molecular complexity index is 155. The van der Waals surface area contributed by atoms with Gasteiger partial charge in [-0.15, -0.1) is 0 Å². The molecular weight excluding hydrogens is 126 g/mol. The van der Waals surface area contributed by atoms with E-state index in [4.69, 9.17) is 0 Å². The molecule has 2 heteroatoms. The van der Waals surface area contributed by atoms with Crippen molar-refractivity contribution >= 4 is 0 Å². The standard InChI is InChI=1S/C8H13NO/c1-6-8(10)7-2-4-9(6)5-3-7/h7-8,10H,1-5H2. The van der Waals surface area contributed by atoms with Crippen molar-refractivity contribution in [3.63, 3.8) is 0 Å². The molecule has 0 aliphatic carbocycles. The van der Waals surface area contributed by atoms with Crippen LogP contribution in [0.3, 0.4) is 0 Å². The van der Waals surface area contributed by atoms with Crippen LogP contribution in [-0.2, 0) is 0 Å². The number of aliphatic hydroxyl groups is 1. The van der Waals surface area contributed by atoms with E-state index in [1.165, 1.54) is 0 Å². The van der Waals surface area contributed by atoms with E-state index in [-0.39, 0.29) is 6.10 Å². The predicted molar refractivity (Wildman–Crippen MR) is 39.4 cm³/mol. The average molecular weight is 139 g/mol. The summed E-state index contributed by atoms with van der Waals surface area (Å²) in [6.07, 6.45) is 2.07. The molecule has 0 radical (unpaired) electrons. The maximum absolute atomic E-state index is 9.53. The molecule has 0 aromatic heterocycles. The van der Waals surface area contributed by atoms with Crippen molar-refractivity contribution < 1.29 is 5.11 Å². The predicted octanol–water partition coefficient (Wildman–Crippen LogP) is 0.587. The largest absolute Gasteiger partial charge is 0.387 e. The number of fused-ring (bicyclic) bond motifs is 3. The molecule has 0 aromatic carbocycles. The molecule has 56 valence electrons. The Hall–Kier alpha value is -0.500. The lowest BCUT2D eigenvalue weighted by molar-refractivity contribution is 0.0205. The molecule has 3 fully saturated rings. The van der Waals surface area contributed by atoms with E-state index < -0.39 is 0 Å². The van der Waals surface area contributed by atoms with Gasteiger partial charge in [0.05, 0.1) is 6.10 Å². The summed E-state index contributed by atoms with van der Waals surface area (Å²) in [5.41, 5.74) is 0.947. The topological polar surface area (TPSA) is 23.5 Å². The van der Waals surface area contributed by atoms with Crippen molar-refractivity contribution in [2.45, 2.75) is 18.9 Å². The van der Waals surface area contributed by atoms with Gasteiger partial charge in [0.25, 0.3) is 0 Å². The summed E-state index contributed by atoms with van der Waals surface area (Å²) in [6.45, 7) is 6.08. The molecule has 2 nitrogen and oxygen atoms in total. The average Bonchev–Trinajstić information content (AvgIpc) is 2.00. The molecule has 10 heavy (non-hydrogen) atoms. The lowest BCUT2D eigenvalue weighted by Crippen LogP contribution is -2.47. The van der Waals surface area contributed by atoms with E-state index in [0.29, 0.717) is 5.92 Å². The second-order valence-electron chi connectivity index (χ2n) is 3.26. The first-order valence-electron chi connectivity index (χ1n) is 3.91. The van der Waals surface area contributed by atoms with Crippen LogP contribution in [0.15, 0.2) is 12.3 Å². The quantitative estimate of drug-likeness (QED) is 0.531. The molecule has 2 bridgehead atoms. The number of rotatable bonds is 0. The number of hydrogen-bond donors (Lipinski definition) is 1. The Kier molecular flexibility index (Phi) is 1.24. The van der Waals surface area contributed by atoms with Crippen LogP contribution in [0.4, 0.5) is 0 Å². The molecule has 3 saturated heterocycles. The number of hydrogen-bond acceptors (Lipinski definition) is 2. The van der Waals surface area contributed by atoms with Crippen LogP contribution < -0.4 is 0 Å². The Balaban J connectivity index is 2.20. The summed E-state index contributed by atoms with van der Waals surface area (Å²) in [5, 5.41) is 9.53. The summed E-state index contributed by atoms with van der Waals surface area (Å²) in [6, 6.07) is 0. The summed E-state index contributed by atoms with van der Waals surface area (Å²) in [4.78, 5) is 2.20. The second kappa shape index (κ2) is 1.99. The van der Waals surface area contributed by atoms with Crippen LogP contribution in [-0.4, -0.2) is 29.2 Å². The van der Waals surface area contributed by atoms with Crippen molar-refractivity contribution in [3.05, 3.63) is 12.3 Å². The third kappa shape index (κ3) is 0.686. The van der Waals surface area contributed by atoms with Crippen LogP contribution in [0.2, 0.25) is 0 Å². The maximum atomic E-state index is 9.53. The third-order valence-corrected chi connectivity index (χ3v) is 2.73. The molecule has 3 rings (SSSR count). The van der Waals surface area contributed by atoms with Crippen LogP contribution >= 0.6 is 0 Å². The Labute approximate surface area is 61.1 Å². The Morgan fingerprint density at radius 3 is 2.30 bits per heavy atom. The maximum Gasteiger partial charge on any atom is 0.0959 e. The van der Waals surface area contributed by atoms with Crippen LogP contribution in [0.25, 0.3) is 0 Å². The molecule has 3 aliphatic rings. The lowest BCUT2D eigenvalue weighted by Gasteiger charge is -2.45. The summed E-state index contributed by atoms with van der Waals surface area (Å²) < 4.78 is 0. The smallest absolute Gasteiger partial charge is 0.0959 e. The minimum Gasteiger partial charge on any atom is -0.387 e.